The molecule has 1 saturated heterocycles. The van der Waals surface area contributed by atoms with E-state index in [-0.39, 0.29) is 17.4 Å². The van der Waals surface area contributed by atoms with Gasteiger partial charge in [-0.05, 0) is 105 Å². The third-order valence-electron chi connectivity index (χ3n) is 7.48. The lowest BCUT2D eigenvalue weighted by Crippen LogP contribution is -2.44. The Hall–Kier alpha value is -3.83. The summed E-state index contributed by atoms with van der Waals surface area (Å²) in [4.78, 5) is 42.1. The number of benzene rings is 4. The molecule has 0 bridgehead atoms. The van der Waals surface area contributed by atoms with E-state index < -0.39 is 11.1 Å². The van der Waals surface area contributed by atoms with Gasteiger partial charge in [-0.3, -0.25) is 19.3 Å². The third kappa shape index (κ3) is 6.42. The fraction of sp³-hybridized carbons (Fsp3) is 0.206. The number of nitrogens with zero attached hydrogens (tertiary/aromatic N) is 2. The van der Waals surface area contributed by atoms with Crippen molar-refractivity contribution in [3.63, 3.8) is 0 Å². The van der Waals surface area contributed by atoms with Crippen LogP contribution < -0.4 is 9.47 Å². The highest BCUT2D eigenvalue weighted by Gasteiger charge is 2.37. The van der Waals surface area contributed by atoms with Crippen LogP contribution in [0, 0.1) is 3.57 Å². The molecule has 0 atom stereocenters. The van der Waals surface area contributed by atoms with Gasteiger partial charge in [0.25, 0.3) is 11.1 Å². The summed E-state index contributed by atoms with van der Waals surface area (Å²) in [5, 5.41) is 1.87. The van der Waals surface area contributed by atoms with Crippen LogP contribution in [0.2, 0.25) is 0 Å². The second-order valence-electron chi connectivity index (χ2n) is 10.3. The first-order valence-corrected chi connectivity index (χ1v) is 16.0. The van der Waals surface area contributed by atoms with E-state index >= 15 is 0 Å². The Morgan fingerprint density at radius 1 is 0.953 bits per heavy atom. The lowest BCUT2D eigenvalue weighted by Gasteiger charge is -2.29. The smallest absolute Gasteiger partial charge is 0.294 e. The fourth-order valence-corrected chi connectivity index (χ4v) is 6.91. The number of imide groups is 1. The number of amides is 3. The maximum Gasteiger partial charge on any atom is 0.294 e. The van der Waals surface area contributed by atoms with Crippen molar-refractivity contribution in [2.24, 2.45) is 0 Å². The van der Waals surface area contributed by atoms with Crippen LogP contribution in [-0.2, 0) is 29.2 Å². The molecule has 6 rings (SSSR count). The lowest BCUT2D eigenvalue weighted by molar-refractivity contribution is -0.136. The average molecular weight is 705 g/mol. The summed E-state index contributed by atoms with van der Waals surface area (Å²) in [5.74, 6) is 0.472. The zero-order valence-electron chi connectivity index (χ0n) is 23.5. The minimum Gasteiger partial charge on any atom is -0.490 e. The highest BCUT2D eigenvalue weighted by molar-refractivity contribution is 14.1. The average Bonchev–Trinajstić information content (AvgIpc) is 3.27. The molecular formula is C34H29IN2O5S. The van der Waals surface area contributed by atoms with Crippen molar-refractivity contribution in [3.05, 3.63) is 110 Å². The molecule has 2 aliphatic rings. The Morgan fingerprint density at radius 2 is 1.72 bits per heavy atom. The molecule has 0 aliphatic carbocycles. The first-order chi connectivity index (χ1) is 20.9. The maximum absolute atomic E-state index is 13.2. The predicted octanol–water partition coefficient (Wildman–Crippen LogP) is 7.04. The Labute approximate surface area is 268 Å². The molecule has 3 amide bonds. The zero-order valence-corrected chi connectivity index (χ0v) is 26.5. The highest BCUT2D eigenvalue weighted by atomic mass is 127. The monoisotopic (exact) mass is 704 g/mol. The van der Waals surface area contributed by atoms with Gasteiger partial charge in [0.15, 0.2) is 11.5 Å². The van der Waals surface area contributed by atoms with Crippen LogP contribution in [0.1, 0.15) is 29.2 Å². The van der Waals surface area contributed by atoms with E-state index in [4.69, 9.17) is 9.47 Å². The molecule has 43 heavy (non-hydrogen) atoms. The van der Waals surface area contributed by atoms with Gasteiger partial charge in [0.05, 0.1) is 15.1 Å². The van der Waals surface area contributed by atoms with Gasteiger partial charge in [-0.25, -0.2) is 0 Å². The largest absolute Gasteiger partial charge is 0.490 e. The summed E-state index contributed by atoms with van der Waals surface area (Å²) in [6, 6.07) is 26.2. The van der Waals surface area contributed by atoms with E-state index in [1.165, 1.54) is 10.9 Å². The molecule has 4 aromatic carbocycles. The second-order valence-corrected chi connectivity index (χ2v) is 12.5. The van der Waals surface area contributed by atoms with Gasteiger partial charge in [-0.15, -0.1) is 0 Å². The number of halogens is 1. The first-order valence-electron chi connectivity index (χ1n) is 14.1. The number of fused-ring (bicyclic) bond motifs is 2. The molecule has 1 fully saturated rings. The lowest BCUT2D eigenvalue weighted by atomic mass is 10.00. The molecule has 0 unspecified atom stereocenters. The summed E-state index contributed by atoms with van der Waals surface area (Å²) >= 11 is 3.04. The van der Waals surface area contributed by atoms with Crippen molar-refractivity contribution >= 4 is 68.3 Å². The fourth-order valence-electron chi connectivity index (χ4n) is 5.29. The van der Waals surface area contributed by atoms with Crippen LogP contribution in [0.3, 0.4) is 0 Å². The third-order valence-corrected chi connectivity index (χ3v) is 9.19. The minimum absolute atomic E-state index is 0.237. The normalized spacial score (nSPS) is 15.7. The van der Waals surface area contributed by atoms with Crippen molar-refractivity contribution in [1.82, 2.24) is 9.80 Å². The van der Waals surface area contributed by atoms with Crippen LogP contribution in [-0.4, -0.2) is 46.5 Å². The van der Waals surface area contributed by atoms with Gasteiger partial charge in [0, 0.05) is 13.1 Å². The van der Waals surface area contributed by atoms with Crippen LogP contribution in [0.25, 0.3) is 16.8 Å². The molecule has 7 nitrogen and oxygen atoms in total. The van der Waals surface area contributed by atoms with Crippen LogP contribution in [0.15, 0.2) is 83.8 Å². The predicted molar refractivity (Wildman–Crippen MR) is 177 cm³/mol. The number of thioether (sulfide) groups is 1. The molecule has 0 saturated carbocycles. The Balaban J connectivity index is 1.16. The van der Waals surface area contributed by atoms with Crippen molar-refractivity contribution < 1.29 is 23.9 Å². The van der Waals surface area contributed by atoms with E-state index in [9.17, 15) is 14.4 Å². The summed E-state index contributed by atoms with van der Waals surface area (Å²) in [5.41, 5.74) is 4.07. The van der Waals surface area contributed by atoms with E-state index in [1.807, 2.05) is 49.4 Å². The van der Waals surface area contributed by atoms with E-state index in [1.54, 1.807) is 11.0 Å². The maximum atomic E-state index is 13.2. The van der Waals surface area contributed by atoms with E-state index in [2.05, 4.69) is 59.0 Å². The van der Waals surface area contributed by atoms with E-state index in [0.29, 0.717) is 43.4 Å². The SMILES string of the molecule is CCOc1cc(/C=C2\SC(=O)N(CC(=O)N3CCc4ccccc4C3)C2=O)cc(I)c1OCc1ccc2ccccc2c1. The van der Waals surface area contributed by atoms with Gasteiger partial charge >= 0.3 is 0 Å². The Morgan fingerprint density at radius 3 is 2.53 bits per heavy atom. The molecule has 0 aromatic heterocycles. The van der Waals surface area contributed by atoms with Gasteiger partial charge in [-0.1, -0.05) is 60.7 Å². The number of hydrogen-bond acceptors (Lipinski definition) is 6. The standard InChI is InChI=1S/C34H29IN2O5S/c1-2-41-29-17-23(16-28(35)32(29)42-21-22-11-12-24-7-3-5-9-26(24)15-22)18-30-33(39)37(34(40)43-30)20-31(38)36-14-13-25-8-4-6-10-27(25)19-36/h3-12,15-18H,2,13-14,19-21H2,1H3/b30-18-. The van der Waals surface area contributed by atoms with Crippen LogP contribution in [0.4, 0.5) is 4.79 Å². The molecule has 2 aliphatic heterocycles. The highest BCUT2D eigenvalue weighted by Crippen LogP contribution is 2.38. The summed E-state index contributed by atoms with van der Waals surface area (Å²) in [6.07, 6.45) is 2.43. The summed E-state index contributed by atoms with van der Waals surface area (Å²) in [6.45, 7) is 3.48. The van der Waals surface area contributed by atoms with E-state index in [0.717, 1.165) is 43.2 Å². The molecule has 2 heterocycles. The molecular weight excluding hydrogens is 675 g/mol. The number of rotatable bonds is 8. The second kappa shape index (κ2) is 12.8. The molecule has 218 valence electrons. The number of hydrogen-bond donors (Lipinski definition) is 0. The molecule has 0 N–H and O–H groups in total. The van der Waals surface area contributed by atoms with Gasteiger partial charge in [0.2, 0.25) is 5.91 Å². The van der Waals surface area contributed by atoms with Crippen molar-refractivity contribution in [2.45, 2.75) is 26.5 Å². The zero-order chi connectivity index (χ0) is 29.9. The van der Waals surface area contributed by atoms with Crippen molar-refractivity contribution in [2.75, 3.05) is 19.7 Å². The Bertz CT molecular complexity index is 1770. The van der Waals surface area contributed by atoms with Gasteiger partial charge in [-0.2, -0.15) is 0 Å². The first kappa shape index (κ1) is 29.3. The number of ether oxygens (including phenoxy) is 2. The van der Waals surface area contributed by atoms with Gasteiger partial charge in [0.1, 0.15) is 13.2 Å². The topological polar surface area (TPSA) is 76.2 Å². The molecule has 4 aromatic rings. The molecule has 9 heteroatoms. The minimum atomic E-state index is -0.467. The molecule has 0 radical (unpaired) electrons. The van der Waals surface area contributed by atoms with Crippen LogP contribution >= 0.6 is 34.4 Å². The number of carbonyl (C=O) groups is 3. The quantitative estimate of drug-likeness (QED) is 0.145. The Kier molecular flexibility index (Phi) is 8.71. The van der Waals surface area contributed by atoms with Crippen molar-refractivity contribution in [1.29, 1.82) is 0 Å². The summed E-state index contributed by atoms with van der Waals surface area (Å²) < 4.78 is 13.0. The van der Waals surface area contributed by atoms with Crippen molar-refractivity contribution in [3.8, 4) is 11.5 Å². The molecule has 0 spiro atoms. The number of carbonyl (C=O) groups excluding carboxylic acids is 3. The van der Waals surface area contributed by atoms with Gasteiger partial charge < -0.3 is 14.4 Å². The van der Waals surface area contributed by atoms with Crippen LogP contribution in [0.5, 0.6) is 11.5 Å². The summed E-state index contributed by atoms with van der Waals surface area (Å²) in [7, 11) is 0.